The zero-order valence-corrected chi connectivity index (χ0v) is 12.8. The summed E-state index contributed by atoms with van der Waals surface area (Å²) in [5.41, 5.74) is 0.723. The van der Waals surface area contributed by atoms with Gasteiger partial charge in [0, 0.05) is 11.6 Å². The maximum Gasteiger partial charge on any atom is 0.180 e. The van der Waals surface area contributed by atoms with Crippen LogP contribution in [0.1, 0.15) is 0 Å². The number of nitrogens with one attached hydrogen (secondary N) is 1. The standard InChI is InChI=1S/C14H13Cl2NO2S/c15-11-5-7-12(8-6-11)20(18,19)10-9-17-14-4-2-1-3-13(14)16/h1-8,17H,9-10H2. The van der Waals surface area contributed by atoms with Crippen molar-refractivity contribution in [3.05, 3.63) is 58.6 Å². The van der Waals surface area contributed by atoms with E-state index in [0.29, 0.717) is 10.0 Å². The molecule has 0 fully saturated rings. The number of sulfone groups is 1. The van der Waals surface area contributed by atoms with Gasteiger partial charge >= 0.3 is 0 Å². The average molecular weight is 330 g/mol. The summed E-state index contributed by atoms with van der Waals surface area (Å²) < 4.78 is 24.2. The van der Waals surface area contributed by atoms with Crippen molar-refractivity contribution in [1.29, 1.82) is 0 Å². The maximum atomic E-state index is 12.1. The average Bonchev–Trinajstić information content (AvgIpc) is 2.41. The molecule has 0 aromatic heterocycles. The Hall–Kier alpha value is -1.23. The van der Waals surface area contributed by atoms with E-state index in [9.17, 15) is 8.42 Å². The lowest BCUT2D eigenvalue weighted by molar-refractivity contribution is 0.596. The Kier molecular flexibility index (Phi) is 4.91. The number of anilines is 1. The van der Waals surface area contributed by atoms with E-state index in [1.165, 1.54) is 12.1 Å². The van der Waals surface area contributed by atoms with Crippen LogP contribution in [0.5, 0.6) is 0 Å². The number of benzene rings is 2. The normalized spacial score (nSPS) is 11.3. The molecular formula is C14H13Cl2NO2S. The second-order valence-corrected chi connectivity index (χ2v) is 7.13. The third kappa shape index (κ3) is 3.88. The van der Waals surface area contributed by atoms with Crippen molar-refractivity contribution >= 4 is 38.7 Å². The molecule has 106 valence electrons. The molecule has 20 heavy (non-hydrogen) atoms. The largest absolute Gasteiger partial charge is 0.383 e. The van der Waals surface area contributed by atoms with Crippen molar-refractivity contribution in [2.24, 2.45) is 0 Å². The third-order valence-corrected chi connectivity index (χ3v) is 5.05. The Morgan fingerprint density at radius 1 is 0.950 bits per heavy atom. The molecule has 0 saturated carbocycles. The summed E-state index contributed by atoms with van der Waals surface area (Å²) in [4.78, 5) is 0.267. The van der Waals surface area contributed by atoms with Gasteiger partial charge in [0.1, 0.15) is 0 Å². The predicted octanol–water partition coefficient (Wildman–Crippen LogP) is 3.88. The third-order valence-electron chi connectivity index (χ3n) is 2.73. The van der Waals surface area contributed by atoms with Crippen LogP contribution in [0.25, 0.3) is 0 Å². The molecule has 2 rings (SSSR count). The lowest BCUT2D eigenvalue weighted by Crippen LogP contribution is -2.16. The highest BCUT2D eigenvalue weighted by Gasteiger charge is 2.13. The van der Waals surface area contributed by atoms with E-state index in [2.05, 4.69) is 5.32 Å². The van der Waals surface area contributed by atoms with Gasteiger partial charge in [-0.05, 0) is 36.4 Å². The van der Waals surface area contributed by atoms with Crippen molar-refractivity contribution in [1.82, 2.24) is 0 Å². The van der Waals surface area contributed by atoms with E-state index >= 15 is 0 Å². The van der Waals surface area contributed by atoms with Gasteiger partial charge in [0.2, 0.25) is 0 Å². The maximum absolute atomic E-state index is 12.1. The van der Waals surface area contributed by atoms with Gasteiger partial charge in [-0.3, -0.25) is 0 Å². The number of halogens is 2. The molecule has 0 amide bonds. The smallest absolute Gasteiger partial charge is 0.180 e. The minimum absolute atomic E-state index is 0.0140. The Labute approximate surface area is 128 Å². The zero-order valence-electron chi connectivity index (χ0n) is 10.5. The van der Waals surface area contributed by atoms with Crippen LogP contribution < -0.4 is 5.32 Å². The second-order valence-electron chi connectivity index (χ2n) is 4.18. The van der Waals surface area contributed by atoms with Crippen LogP contribution in [0, 0.1) is 0 Å². The van der Waals surface area contributed by atoms with Crippen LogP contribution in [-0.4, -0.2) is 20.7 Å². The van der Waals surface area contributed by atoms with Crippen LogP contribution in [0.4, 0.5) is 5.69 Å². The van der Waals surface area contributed by atoms with Gasteiger partial charge in [0.15, 0.2) is 9.84 Å². The van der Waals surface area contributed by atoms with E-state index in [4.69, 9.17) is 23.2 Å². The van der Waals surface area contributed by atoms with Gasteiger partial charge in [-0.25, -0.2) is 8.42 Å². The molecular weight excluding hydrogens is 317 g/mol. The lowest BCUT2D eigenvalue weighted by atomic mass is 10.3. The van der Waals surface area contributed by atoms with Gasteiger partial charge in [0.05, 0.1) is 21.4 Å². The Morgan fingerprint density at radius 2 is 1.60 bits per heavy atom. The van der Waals surface area contributed by atoms with E-state index < -0.39 is 9.84 Å². The quantitative estimate of drug-likeness (QED) is 0.905. The van der Waals surface area contributed by atoms with Gasteiger partial charge in [-0.15, -0.1) is 0 Å². The highest BCUT2D eigenvalue weighted by molar-refractivity contribution is 7.91. The second kappa shape index (κ2) is 6.48. The number of hydrogen-bond donors (Lipinski definition) is 1. The first-order valence-corrected chi connectivity index (χ1v) is 8.36. The summed E-state index contributed by atoms with van der Waals surface area (Å²) in [5, 5.41) is 4.09. The van der Waals surface area contributed by atoms with E-state index in [0.717, 1.165) is 5.69 Å². The zero-order chi connectivity index (χ0) is 14.6. The monoisotopic (exact) mass is 329 g/mol. The van der Waals surface area contributed by atoms with Crippen molar-refractivity contribution in [3.8, 4) is 0 Å². The van der Waals surface area contributed by atoms with Crippen molar-refractivity contribution in [3.63, 3.8) is 0 Å². The van der Waals surface area contributed by atoms with Crippen LogP contribution in [0.3, 0.4) is 0 Å². The summed E-state index contributed by atoms with van der Waals surface area (Å²) in [5.74, 6) is -0.0140. The SMILES string of the molecule is O=S(=O)(CCNc1ccccc1Cl)c1ccc(Cl)cc1. The van der Waals surface area contributed by atoms with E-state index in [1.807, 2.05) is 12.1 Å². The summed E-state index contributed by atoms with van der Waals surface area (Å²) in [6, 6.07) is 13.3. The highest BCUT2D eigenvalue weighted by atomic mass is 35.5. The first-order valence-electron chi connectivity index (χ1n) is 5.96. The Bertz CT molecular complexity index is 685. The molecule has 6 heteroatoms. The Balaban J connectivity index is 2.00. The molecule has 1 N–H and O–H groups in total. The van der Waals surface area contributed by atoms with Crippen LogP contribution in [0.2, 0.25) is 10.0 Å². The van der Waals surface area contributed by atoms with E-state index in [-0.39, 0.29) is 17.2 Å². The molecule has 3 nitrogen and oxygen atoms in total. The molecule has 0 spiro atoms. The summed E-state index contributed by atoms with van der Waals surface area (Å²) in [6.45, 7) is 0.286. The number of rotatable bonds is 5. The summed E-state index contributed by atoms with van der Waals surface area (Å²) in [6.07, 6.45) is 0. The van der Waals surface area contributed by atoms with Crippen molar-refractivity contribution < 1.29 is 8.42 Å². The van der Waals surface area contributed by atoms with E-state index in [1.54, 1.807) is 24.3 Å². The number of para-hydroxylation sites is 1. The molecule has 0 radical (unpaired) electrons. The topological polar surface area (TPSA) is 46.2 Å². The molecule has 0 saturated heterocycles. The van der Waals surface area contributed by atoms with Crippen molar-refractivity contribution in [2.75, 3.05) is 17.6 Å². The van der Waals surface area contributed by atoms with Gasteiger partial charge in [-0.2, -0.15) is 0 Å². The van der Waals surface area contributed by atoms with Crippen LogP contribution in [-0.2, 0) is 9.84 Å². The fourth-order valence-electron chi connectivity index (χ4n) is 1.68. The first-order chi connectivity index (χ1) is 9.49. The van der Waals surface area contributed by atoms with Crippen LogP contribution in [0.15, 0.2) is 53.4 Å². The lowest BCUT2D eigenvalue weighted by Gasteiger charge is -2.09. The summed E-state index contributed by atoms with van der Waals surface area (Å²) in [7, 11) is -3.32. The molecule has 0 aliphatic carbocycles. The predicted molar refractivity (Wildman–Crippen MR) is 83.4 cm³/mol. The molecule has 0 bridgehead atoms. The molecule has 0 atom stereocenters. The molecule has 2 aromatic carbocycles. The fraction of sp³-hybridized carbons (Fsp3) is 0.143. The minimum atomic E-state index is -3.32. The summed E-state index contributed by atoms with van der Waals surface area (Å²) >= 11 is 11.7. The van der Waals surface area contributed by atoms with Gasteiger partial charge in [0.25, 0.3) is 0 Å². The van der Waals surface area contributed by atoms with Gasteiger partial charge < -0.3 is 5.32 Å². The molecule has 0 unspecified atom stereocenters. The molecule has 2 aromatic rings. The van der Waals surface area contributed by atoms with Crippen LogP contribution >= 0.6 is 23.2 Å². The van der Waals surface area contributed by atoms with Crippen molar-refractivity contribution in [2.45, 2.75) is 4.90 Å². The minimum Gasteiger partial charge on any atom is -0.383 e. The molecule has 0 aliphatic rings. The Morgan fingerprint density at radius 3 is 2.25 bits per heavy atom. The number of hydrogen-bond acceptors (Lipinski definition) is 3. The molecule has 0 aliphatic heterocycles. The first kappa shape index (κ1) is 15.2. The van der Waals surface area contributed by atoms with Gasteiger partial charge in [-0.1, -0.05) is 35.3 Å². The molecule has 0 heterocycles. The fourth-order valence-corrected chi connectivity index (χ4v) is 3.17. The highest BCUT2D eigenvalue weighted by Crippen LogP contribution is 2.20.